The fourth-order valence-electron chi connectivity index (χ4n) is 1.90. The molecule has 0 aliphatic carbocycles. The van der Waals surface area contributed by atoms with Crippen molar-refractivity contribution in [3.8, 4) is 0 Å². The Balaban J connectivity index is 1.98. The lowest BCUT2D eigenvalue weighted by Crippen LogP contribution is -2.24. The molecule has 0 radical (unpaired) electrons. The van der Waals surface area contributed by atoms with Gasteiger partial charge in [0.25, 0.3) is 10.0 Å². The van der Waals surface area contributed by atoms with E-state index in [0.29, 0.717) is 5.65 Å². The van der Waals surface area contributed by atoms with Crippen molar-refractivity contribution in [2.75, 3.05) is 0 Å². The van der Waals surface area contributed by atoms with Crippen molar-refractivity contribution in [2.24, 2.45) is 0 Å². The molecule has 0 aliphatic heterocycles. The smallest absolute Gasteiger partial charge is 0.260 e. The molecule has 0 unspecified atom stereocenters. The Hall–Kier alpha value is -1.83. The Morgan fingerprint density at radius 3 is 2.95 bits per heavy atom. The van der Waals surface area contributed by atoms with Gasteiger partial charge >= 0.3 is 0 Å². The number of rotatable bonds is 4. The van der Waals surface area contributed by atoms with Crippen LogP contribution in [0.15, 0.2) is 47.9 Å². The van der Waals surface area contributed by atoms with Crippen molar-refractivity contribution < 1.29 is 8.42 Å². The molecule has 0 saturated heterocycles. The number of pyridine rings is 1. The van der Waals surface area contributed by atoms with Gasteiger partial charge in [0.05, 0.1) is 0 Å². The number of fused-ring (bicyclic) bond motifs is 1. The summed E-state index contributed by atoms with van der Waals surface area (Å²) in [5.74, 6) is 0. The van der Waals surface area contributed by atoms with Gasteiger partial charge in [-0.15, -0.1) is 0 Å². The van der Waals surface area contributed by atoms with Crippen molar-refractivity contribution in [3.05, 3.63) is 53.6 Å². The molecule has 0 atom stereocenters. The van der Waals surface area contributed by atoms with Crippen LogP contribution in [-0.2, 0) is 16.6 Å². The van der Waals surface area contributed by atoms with E-state index in [-0.39, 0.29) is 16.7 Å². The van der Waals surface area contributed by atoms with Crippen LogP contribution in [-0.4, -0.2) is 22.8 Å². The van der Waals surface area contributed by atoms with Crippen molar-refractivity contribution in [1.29, 1.82) is 0 Å². The standard InChI is InChI=1S/C12H11ClN4O2S/c13-11-12(17-6-2-1-3-10(17)16-11)20(18,19)15-8-9-4-5-14-7-9/h1-7,14-15H,8H2. The first-order valence-corrected chi connectivity index (χ1v) is 7.68. The van der Waals surface area contributed by atoms with Crippen LogP contribution in [0, 0.1) is 0 Å². The molecule has 104 valence electrons. The molecule has 0 spiro atoms. The third-order valence-electron chi connectivity index (χ3n) is 2.83. The van der Waals surface area contributed by atoms with Gasteiger partial charge in [-0.25, -0.2) is 18.1 Å². The molecular formula is C12H11ClN4O2S. The SMILES string of the molecule is O=S(=O)(NCc1cc[nH]c1)c1c(Cl)nc2ccccn12. The Labute approximate surface area is 120 Å². The second-order valence-electron chi connectivity index (χ2n) is 4.18. The largest absolute Gasteiger partial charge is 0.367 e. The minimum absolute atomic E-state index is 0.0437. The Morgan fingerprint density at radius 2 is 2.20 bits per heavy atom. The molecule has 0 aliphatic rings. The number of hydrogen-bond acceptors (Lipinski definition) is 3. The first kappa shape index (κ1) is 13.2. The highest BCUT2D eigenvalue weighted by molar-refractivity contribution is 7.89. The van der Waals surface area contributed by atoms with E-state index in [1.165, 1.54) is 4.40 Å². The maximum atomic E-state index is 12.4. The molecule has 0 aromatic carbocycles. The number of H-pyrrole nitrogens is 1. The summed E-state index contributed by atoms with van der Waals surface area (Å²) in [6, 6.07) is 6.97. The van der Waals surface area contributed by atoms with E-state index in [4.69, 9.17) is 11.6 Å². The molecule has 3 rings (SSSR count). The summed E-state index contributed by atoms with van der Waals surface area (Å²) in [6.07, 6.45) is 5.06. The Morgan fingerprint density at radius 1 is 1.35 bits per heavy atom. The average molecular weight is 311 g/mol. The normalized spacial score (nSPS) is 12.1. The van der Waals surface area contributed by atoms with Crippen molar-refractivity contribution >= 4 is 27.3 Å². The highest BCUT2D eigenvalue weighted by Crippen LogP contribution is 2.22. The van der Waals surface area contributed by atoms with Crippen LogP contribution < -0.4 is 4.72 Å². The minimum Gasteiger partial charge on any atom is -0.367 e. The van der Waals surface area contributed by atoms with Gasteiger partial charge in [-0.1, -0.05) is 17.7 Å². The Kier molecular flexibility index (Phi) is 3.25. The third-order valence-corrected chi connectivity index (χ3v) is 4.63. The number of hydrogen-bond donors (Lipinski definition) is 2. The predicted molar refractivity (Wildman–Crippen MR) is 75.0 cm³/mol. The molecule has 0 bridgehead atoms. The van der Waals surface area contributed by atoms with E-state index in [0.717, 1.165) is 5.56 Å². The van der Waals surface area contributed by atoms with E-state index >= 15 is 0 Å². The number of nitrogens with zero attached hydrogens (tertiary/aromatic N) is 2. The topological polar surface area (TPSA) is 79.3 Å². The monoisotopic (exact) mass is 310 g/mol. The first-order chi connectivity index (χ1) is 9.58. The maximum Gasteiger partial charge on any atom is 0.260 e. The molecule has 0 saturated carbocycles. The van der Waals surface area contributed by atoms with Crippen LogP contribution in [0.2, 0.25) is 5.15 Å². The summed E-state index contributed by atoms with van der Waals surface area (Å²) in [5.41, 5.74) is 1.32. The van der Waals surface area contributed by atoms with Gasteiger partial charge in [0, 0.05) is 25.1 Å². The summed E-state index contributed by atoms with van der Waals surface area (Å²) < 4.78 is 28.7. The van der Waals surface area contributed by atoms with Gasteiger partial charge in [0.2, 0.25) is 0 Å². The van der Waals surface area contributed by atoms with Gasteiger partial charge in [0.1, 0.15) is 5.65 Å². The van der Waals surface area contributed by atoms with Crippen LogP contribution >= 0.6 is 11.6 Å². The highest BCUT2D eigenvalue weighted by atomic mass is 35.5. The van der Waals surface area contributed by atoms with E-state index in [2.05, 4.69) is 14.7 Å². The van der Waals surface area contributed by atoms with E-state index in [9.17, 15) is 8.42 Å². The number of aromatic nitrogens is 3. The zero-order valence-corrected chi connectivity index (χ0v) is 11.8. The van der Waals surface area contributed by atoms with Crippen molar-refractivity contribution in [3.63, 3.8) is 0 Å². The van der Waals surface area contributed by atoms with Crippen molar-refractivity contribution in [1.82, 2.24) is 19.1 Å². The van der Waals surface area contributed by atoms with Gasteiger partial charge in [-0.3, -0.25) is 4.40 Å². The average Bonchev–Trinajstić information content (AvgIpc) is 3.02. The van der Waals surface area contributed by atoms with Gasteiger partial charge in [-0.2, -0.15) is 0 Å². The Bertz CT molecular complexity index is 840. The van der Waals surface area contributed by atoms with Gasteiger partial charge in [0.15, 0.2) is 10.2 Å². The summed E-state index contributed by atoms with van der Waals surface area (Å²) in [4.78, 5) is 6.89. The summed E-state index contributed by atoms with van der Waals surface area (Å²) in [6.45, 7) is 0.183. The molecule has 0 amide bonds. The second-order valence-corrected chi connectivity index (χ2v) is 6.22. The summed E-state index contributed by atoms with van der Waals surface area (Å²) in [5, 5.41) is -0.0944. The second kappa shape index (κ2) is 4.93. The lowest BCUT2D eigenvalue weighted by atomic mass is 10.4. The number of halogens is 1. The molecule has 3 aromatic rings. The summed E-state index contributed by atoms with van der Waals surface area (Å²) in [7, 11) is -3.75. The van der Waals surface area contributed by atoms with E-state index in [1.54, 1.807) is 42.9 Å². The minimum atomic E-state index is -3.75. The molecule has 0 fully saturated rings. The lowest BCUT2D eigenvalue weighted by Gasteiger charge is -2.05. The van der Waals surface area contributed by atoms with Gasteiger partial charge in [-0.05, 0) is 23.8 Å². The molecule has 20 heavy (non-hydrogen) atoms. The van der Waals surface area contributed by atoms with E-state index < -0.39 is 10.0 Å². The third kappa shape index (κ3) is 2.31. The fraction of sp³-hybridized carbons (Fsp3) is 0.0833. The maximum absolute atomic E-state index is 12.4. The van der Waals surface area contributed by atoms with Crippen LogP contribution in [0.4, 0.5) is 0 Å². The molecule has 6 nitrogen and oxygen atoms in total. The van der Waals surface area contributed by atoms with E-state index in [1.807, 2.05) is 0 Å². The number of imidazole rings is 1. The lowest BCUT2D eigenvalue weighted by molar-refractivity contribution is 0.576. The number of nitrogens with one attached hydrogen (secondary N) is 2. The number of aromatic amines is 1. The summed E-state index contributed by atoms with van der Waals surface area (Å²) >= 11 is 5.96. The van der Waals surface area contributed by atoms with Gasteiger partial charge < -0.3 is 4.98 Å². The van der Waals surface area contributed by atoms with Crippen LogP contribution in [0.3, 0.4) is 0 Å². The zero-order valence-electron chi connectivity index (χ0n) is 10.2. The molecule has 3 heterocycles. The predicted octanol–water partition coefficient (Wildman–Crippen LogP) is 1.79. The van der Waals surface area contributed by atoms with Crippen molar-refractivity contribution in [2.45, 2.75) is 11.6 Å². The highest BCUT2D eigenvalue weighted by Gasteiger charge is 2.23. The number of sulfonamides is 1. The molecule has 8 heteroatoms. The van der Waals surface area contributed by atoms with Crippen LogP contribution in [0.1, 0.15) is 5.56 Å². The molecular weight excluding hydrogens is 300 g/mol. The van der Waals surface area contributed by atoms with Crippen LogP contribution in [0.25, 0.3) is 5.65 Å². The fourth-order valence-corrected chi connectivity index (χ4v) is 3.56. The first-order valence-electron chi connectivity index (χ1n) is 5.82. The molecule has 3 aromatic heterocycles. The van der Waals surface area contributed by atoms with Crippen LogP contribution in [0.5, 0.6) is 0 Å². The molecule has 2 N–H and O–H groups in total. The quantitative estimate of drug-likeness (QED) is 0.771. The zero-order chi connectivity index (χ0) is 14.2.